The van der Waals surface area contributed by atoms with Crippen LogP contribution in [0.2, 0.25) is 0 Å². The van der Waals surface area contributed by atoms with Gasteiger partial charge >= 0.3 is 0 Å². The fraction of sp³-hybridized carbons (Fsp3) is 0.250. The van der Waals surface area contributed by atoms with Crippen molar-refractivity contribution in [2.24, 2.45) is 0 Å². The predicted octanol–water partition coefficient (Wildman–Crippen LogP) is 4.18. The van der Waals surface area contributed by atoms with Crippen molar-refractivity contribution in [1.82, 2.24) is 0 Å². The molecule has 2 aromatic rings. The molecule has 2 aromatic carbocycles. The highest BCUT2D eigenvalue weighted by atomic mass is 19.1. The van der Waals surface area contributed by atoms with Gasteiger partial charge in [-0.25, -0.2) is 4.39 Å². The Hall–Kier alpha value is -1.83. The van der Waals surface area contributed by atoms with Crippen LogP contribution in [0.25, 0.3) is 0 Å². The van der Waals surface area contributed by atoms with Gasteiger partial charge in [0.1, 0.15) is 5.82 Å². The highest BCUT2D eigenvalue weighted by molar-refractivity contribution is 5.45. The third kappa shape index (κ3) is 3.88. The van der Waals surface area contributed by atoms with Crippen LogP contribution in [-0.2, 0) is 6.42 Å². The van der Waals surface area contributed by atoms with Gasteiger partial charge < -0.3 is 5.32 Å². The van der Waals surface area contributed by atoms with E-state index >= 15 is 0 Å². The molecule has 0 aliphatic heterocycles. The standard InChI is InChI=1S/C16H18FN/c1-13-10-15(17)12-16(11-13)18-9-5-8-14-6-3-2-4-7-14/h2-4,6-7,10-12,18H,5,8-9H2,1H3. The molecule has 0 aliphatic carbocycles. The molecule has 94 valence electrons. The maximum Gasteiger partial charge on any atom is 0.125 e. The summed E-state index contributed by atoms with van der Waals surface area (Å²) in [6, 6.07) is 15.4. The van der Waals surface area contributed by atoms with Gasteiger partial charge in [-0.3, -0.25) is 0 Å². The first-order valence-electron chi connectivity index (χ1n) is 6.29. The lowest BCUT2D eigenvalue weighted by atomic mass is 10.1. The van der Waals surface area contributed by atoms with Crippen LogP contribution in [0.1, 0.15) is 17.5 Å². The highest BCUT2D eigenvalue weighted by Gasteiger charge is 1.97. The van der Waals surface area contributed by atoms with Crippen molar-refractivity contribution in [3.8, 4) is 0 Å². The lowest BCUT2D eigenvalue weighted by Gasteiger charge is -2.07. The molecular weight excluding hydrogens is 225 g/mol. The van der Waals surface area contributed by atoms with Gasteiger partial charge in [0, 0.05) is 12.2 Å². The van der Waals surface area contributed by atoms with E-state index in [9.17, 15) is 4.39 Å². The normalized spacial score (nSPS) is 10.3. The van der Waals surface area contributed by atoms with E-state index in [2.05, 4.69) is 29.6 Å². The first kappa shape index (κ1) is 12.6. The van der Waals surface area contributed by atoms with E-state index in [1.807, 2.05) is 19.1 Å². The molecule has 0 fully saturated rings. The van der Waals surface area contributed by atoms with Crippen molar-refractivity contribution in [3.63, 3.8) is 0 Å². The van der Waals surface area contributed by atoms with Crippen LogP contribution in [0.15, 0.2) is 48.5 Å². The second kappa shape index (κ2) is 6.20. The fourth-order valence-corrected chi connectivity index (χ4v) is 2.01. The van der Waals surface area contributed by atoms with E-state index in [0.717, 1.165) is 30.6 Å². The zero-order valence-electron chi connectivity index (χ0n) is 10.6. The summed E-state index contributed by atoms with van der Waals surface area (Å²) in [6.07, 6.45) is 2.09. The van der Waals surface area contributed by atoms with Gasteiger partial charge in [-0.1, -0.05) is 30.3 Å². The molecule has 0 bridgehead atoms. The van der Waals surface area contributed by atoms with Crippen molar-refractivity contribution >= 4 is 5.69 Å². The summed E-state index contributed by atoms with van der Waals surface area (Å²) >= 11 is 0. The summed E-state index contributed by atoms with van der Waals surface area (Å²) < 4.78 is 13.2. The Kier molecular flexibility index (Phi) is 4.35. The molecule has 0 spiro atoms. The summed E-state index contributed by atoms with van der Waals surface area (Å²) in [5, 5.41) is 3.26. The first-order valence-corrected chi connectivity index (χ1v) is 6.29. The maximum atomic E-state index is 13.2. The largest absolute Gasteiger partial charge is 0.385 e. The zero-order valence-corrected chi connectivity index (χ0v) is 10.6. The molecule has 0 heterocycles. The zero-order chi connectivity index (χ0) is 12.8. The Labute approximate surface area is 108 Å². The summed E-state index contributed by atoms with van der Waals surface area (Å²) in [7, 11) is 0. The highest BCUT2D eigenvalue weighted by Crippen LogP contribution is 2.13. The Balaban J connectivity index is 1.78. The number of hydrogen-bond acceptors (Lipinski definition) is 1. The number of benzene rings is 2. The molecule has 0 amide bonds. The van der Waals surface area contributed by atoms with Gasteiger partial charge in [0.2, 0.25) is 0 Å². The number of aryl methyl sites for hydroxylation is 2. The Morgan fingerprint density at radius 3 is 2.56 bits per heavy atom. The number of hydrogen-bond donors (Lipinski definition) is 1. The van der Waals surface area contributed by atoms with E-state index < -0.39 is 0 Å². The number of nitrogens with one attached hydrogen (secondary N) is 1. The quantitative estimate of drug-likeness (QED) is 0.777. The smallest absolute Gasteiger partial charge is 0.125 e. The second-order valence-corrected chi connectivity index (χ2v) is 4.53. The molecule has 0 radical (unpaired) electrons. The van der Waals surface area contributed by atoms with Crippen molar-refractivity contribution < 1.29 is 4.39 Å². The number of anilines is 1. The maximum absolute atomic E-state index is 13.2. The van der Waals surface area contributed by atoms with Crippen LogP contribution in [0.5, 0.6) is 0 Å². The SMILES string of the molecule is Cc1cc(F)cc(NCCCc2ccccc2)c1. The van der Waals surface area contributed by atoms with Crippen LogP contribution < -0.4 is 5.32 Å². The van der Waals surface area contributed by atoms with E-state index in [1.54, 1.807) is 0 Å². The lowest BCUT2D eigenvalue weighted by Crippen LogP contribution is -2.03. The minimum Gasteiger partial charge on any atom is -0.385 e. The monoisotopic (exact) mass is 243 g/mol. The number of rotatable bonds is 5. The minimum atomic E-state index is -0.180. The predicted molar refractivity (Wildman–Crippen MR) is 74.4 cm³/mol. The topological polar surface area (TPSA) is 12.0 Å². The van der Waals surface area contributed by atoms with Gasteiger partial charge in [0.25, 0.3) is 0 Å². The summed E-state index contributed by atoms with van der Waals surface area (Å²) in [5.74, 6) is -0.180. The summed E-state index contributed by atoms with van der Waals surface area (Å²) in [4.78, 5) is 0. The molecule has 0 aromatic heterocycles. The number of halogens is 1. The van der Waals surface area contributed by atoms with Gasteiger partial charge in [-0.05, 0) is 49.1 Å². The third-order valence-corrected chi connectivity index (χ3v) is 2.86. The molecular formula is C16H18FN. The van der Waals surface area contributed by atoms with Gasteiger partial charge in [0.15, 0.2) is 0 Å². The molecule has 0 unspecified atom stereocenters. The molecule has 1 N–H and O–H groups in total. The Bertz CT molecular complexity index is 473. The summed E-state index contributed by atoms with van der Waals surface area (Å²) in [5.41, 5.74) is 3.15. The van der Waals surface area contributed by atoms with Crippen LogP contribution in [-0.4, -0.2) is 6.54 Å². The van der Waals surface area contributed by atoms with Gasteiger partial charge in [0.05, 0.1) is 0 Å². The van der Waals surface area contributed by atoms with Crippen LogP contribution in [0.4, 0.5) is 10.1 Å². The van der Waals surface area contributed by atoms with E-state index in [0.29, 0.717) is 0 Å². The first-order chi connectivity index (χ1) is 8.74. The van der Waals surface area contributed by atoms with Crippen LogP contribution in [0.3, 0.4) is 0 Å². The minimum absolute atomic E-state index is 0.180. The second-order valence-electron chi connectivity index (χ2n) is 4.53. The third-order valence-electron chi connectivity index (χ3n) is 2.86. The molecule has 1 nitrogen and oxygen atoms in total. The van der Waals surface area contributed by atoms with E-state index in [4.69, 9.17) is 0 Å². The lowest BCUT2D eigenvalue weighted by molar-refractivity contribution is 0.627. The van der Waals surface area contributed by atoms with Crippen molar-refractivity contribution in [2.45, 2.75) is 19.8 Å². The molecule has 0 saturated carbocycles. The Morgan fingerprint density at radius 2 is 1.83 bits per heavy atom. The fourth-order valence-electron chi connectivity index (χ4n) is 2.01. The molecule has 0 atom stereocenters. The van der Waals surface area contributed by atoms with Crippen LogP contribution >= 0.6 is 0 Å². The van der Waals surface area contributed by atoms with E-state index in [-0.39, 0.29) is 5.82 Å². The van der Waals surface area contributed by atoms with Crippen molar-refractivity contribution in [3.05, 3.63) is 65.5 Å². The van der Waals surface area contributed by atoms with Crippen molar-refractivity contribution in [1.29, 1.82) is 0 Å². The molecule has 0 saturated heterocycles. The molecule has 0 aliphatic rings. The van der Waals surface area contributed by atoms with E-state index in [1.165, 1.54) is 17.7 Å². The van der Waals surface area contributed by atoms with Crippen molar-refractivity contribution in [2.75, 3.05) is 11.9 Å². The Morgan fingerprint density at radius 1 is 1.06 bits per heavy atom. The van der Waals surface area contributed by atoms with Gasteiger partial charge in [-0.15, -0.1) is 0 Å². The molecule has 2 rings (SSSR count). The summed E-state index contributed by atoms with van der Waals surface area (Å²) in [6.45, 7) is 2.76. The molecule has 18 heavy (non-hydrogen) atoms. The molecule has 2 heteroatoms. The average Bonchev–Trinajstić information content (AvgIpc) is 2.35. The average molecular weight is 243 g/mol. The van der Waals surface area contributed by atoms with Crippen LogP contribution in [0, 0.1) is 12.7 Å². The van der Waals surface area contributed by atoms with Gasteiger partial charge in [-0.2, -0.15) is 0 Å².